The fourth-order valence-electron chi connectivity index (χ4n) is 1.69. The summed E-state index contributed by atoms with van der Waals surface area (Å²) in [5.74, 6) is 0.352. The molecule has 0 saturated carbocycles. The van der Waals surface area contributed by atoms with Crippen molar-refractivity contribution < 1.29 is 4.79 Å². The largest absolute Gasteiger partial charge is 0.349 e. The Balaban J connectivity index is 4.84. The monoisotopic (exact) mass is 213 g/mol. The summed E-state index contributed by atoms with van der Waals surface area (Å²) in [5, 5.41) is 0. The van der Waals surface area contributed by atoms with Crippen LogP contribution in [-0.4, -0.2) is 24.9 Å². The lowest BCUT2D eigenvalue weighted by atomic mass is 9.71. The van der Waals surface area contributed by atoms with Crippen LogP contribution in [0.25, 0.3) is 0 Å². The van der Waals surface area contributed by atoms with Gasteiger partial charge in [0.15, 0.2) is 0 Å². The van der Waals surface area contributed by atoms with E-state index in [0.29, 0.717) is 0 Å². The van der Waals surface area contributed by atoms with E-state index in [1.54, 1.807) is 4.90 Å². The number of hydrogen-bond acceptors (Lipinski definition) is 1. The van der Waals surface area contributed by atoms with Gasteiger partial charge in [0.2, 0.25) is 5.91 Å². The van der Waals surface area contributed by atoms with Gasteiger partial charge in [0, 0.05) is 20.0 Å². The molecule has 90 valence electrons. The van der Waals surface area contributed by atoms with E-state index in [9.17, 15) is 4.79 Å². The highest BCUT2D eigenvalue weighted by atomic mass is 16.2. The van der Waals surface area contributed by atoms with Crippen molar-refractivity contribution in [1.29, 1.82) is 0 Å². The van der Waals surface area contributed by atoms with E-state index in [1.165, 1.54) is 0 Å². The van der Waals surface area contributed by atoms with Gasteiger partial charge in [-0.3, -0.25) is 4.79 Å². The normalized spacial score (nSPS) is 14.9. The van der Waals surface area contributed by atoms with Gasteiger partial charge in [-0.15, -0.1) is 0 Å². The van der Waals surface area contributed by atoms with Crippen LogP contribution in [0.2, 0.25) is 0 Å². The summed E-state index contributed by atoms with van der Waals surface area (Å²) in [6.45, 7) is 13.0. The maximum atomic E-state index is 12.1. The summed E-state index contributed by atoms with van der Waals surface area (Å²) < 4.78 is 0. The molecule has 0 spiro atoms. The van der Waals surface area contributed by atoms with Crippen LogP contribution in [0.4, 0.5) is 0 Å². The van der Waals surface area contributed by atoms with Crippen LogP contribution in [0, 0.1) is 16.7 Å². The second-order valence-electron chi connectivity index (χ2n) is 6.92. The maximum Gasteiger partial charge on any atom is 0.225 e. The summed E-state index contributed by atoms with van der Waals surface area (Å²) in [6, 6.07) is 0. The molecule has 0 saturated heterocycles. The van der Waals surface area contributed by atoms with Crippen molar-refractivity contribution in [1.82, 2.24) is 4.90 Å². The lowest BCUT2D eigenvalue weighted by Gasteiger charge is -2.36. The molecule has 1 amide bonds. The van der Waals surface area contributed by atoms with Crippen LogP contribution in [0.5, 0.6) is 0 Å². The Bertz CT molecular complexity index is 218. The average Bonchev–Trinajstić information content (AvgIpc) is 1.94. The standard InChI is InChI=1S/C13H27NO/c1-12(2,3)9-10(13(4,5)6)11(15)14(7)8/h10H,9H2,1-8H3/t10-/m0/s1. The molecule has 0 bridgehead atoms. The van der Waals surface area contributed by atoms with Crippen LogP contribution in [0.3, 0.4) is 0 Å². The SMILES string of the molecule is CN(C)C(=O)[C@H](CC(C)(C)C)C(C)(C)C. The second kappa shape index (κ2) is 4.54. The summed E-state index contributed by atoms with van der Waals surface area (Å²) in [4.78, 5) is 13.8. The van der Waals surface area contributed by atoms with Crippen LogP contribution in [-0.2, 0) is 4.79 Å². The third-order valence-electron chi connectivity index (χ3n) is 2.60. The fraction of sp³-hybridized carbons (Fsp3) is 0.923. The van der Waals surface area contributed by atoms with Crippen LogP contribution in [0.15, 0.2) is 0 Å². The van der Waals surface area contributed by atoms with E-state index in [4.69, 9.17) is 0 Å². The molecule has 1 atom stereocenters. The van der Waals surface area contributed by atoms with Gasteiger partial charge >= 0.3 is 0 Å². The third kappa shape index (κ3) is 5.19. The Morgan fingerprint density at radius 1 is 1.07 bits per heavy atom. The predicted molar refractivity (Wildman–Crippen MR) is 65.7 cm³/mol. The van der Waals surface area contributed by atoms with Gasteiger partial charge in [-0.2, -0.15) is 0 Å². The highest BCUT2D eigenvalue weighted by molar-refractivity contribution is 5.79. The number of rotatable bonds is 2. The number of carbonyl (C=O) groups is 1. The topological polar surface area (TPSA) is 20.3 Å². The molecule has 0 aliphatic heterocycles. The molecule has 2 heteroatoms. The predicted octanol–water partition coefficient (Wildman–Crippen LogP) is 3.17. The zero-order valence-corrected chi connectivity index (χ0v) is 11.6. The Morgan fingerprint density at radius 2 is 1.47 bits per heavy atom. The van der Waals surface area contributed by atoms with Crippen molar-refractivity contribution in [3.63, 3.8) is 0 Å². The molecule has 15 heavy (non-hydrogen) atoms. The number of nitrogens with zero attached hydrogens (tertiary/aromatic N) is 1. The molecule has 0 rings (SSSR count). The minimum absolute atomic E-state index is 0.0363. The van der Waals surface area contributed by atoms with Crippen molar-refractivity contribution in [2.24, 2.45) is 16.7 Å². The molecule has 0 aromatic heterocycles. The van der Waals surface area contributed by atoms with Gasteiger partial charge in [0.1, 0.15) is 0 Å². The first kappa shape index (κ1) is 14.5. The van der Waals surface area contributed by atoms with Gasteiger partial charge in [0.05, 0.1) is 0 Å². The van der Waals surface area contributed by atoms with Gasteiger partial charge in [0.25, 0.3) is 0 Å². The number of carbonyl (C=O) groups excluding carboxylic acids is 1. The first-order valence-corrected chi connectivity index (χ1v) is 5.66. The Labute approximate surface area is 95.0 Å². The quantitative estimate of drug-likeness (QED) is 0.690. The fourth-order valence-corrected chi connectivity index (χ4v) is 1.69. The molecule has 0 aliphatic carbocycles. The van der Waals surface area contributed by atoms with Gasteiger partial charge in [-0.05, 0) is 17.3 Å². The smallest absolute Gasteiger partial charge is 0.225 e. The van der Waals surface area contributed by atoms with Gasteiger partial charge < -0.3 is 4.90 Å². The van der Waals surface area contributed by atoms with E-state index < -0.39 is 0 Å². The van der Waals surface area contributed by atoms with E-state index in [0.717, 1.165) is 6.42 Å². The minimum atomic E-state index is 0.0363. The summed E-state index contributed by atoms with van der Waals surface area (Å²) in [6.07, 6.45) is 0.938. The second-order valence-corrected chi connectivity index (χ2v) is 6.92. The van der Waals surface area contributed by atoms with Crippen molar-refractivity contribution in [2.45, 2.75) is 48.0 Å². The number of hydrogen-bond donors (Lipinski definition) is 0. The Morgan fingerprint density at radius 3 is 1.67 bits per heavy atom. The highest BCUT2D eigenvalue weighted by Gasteiger charge is 2.35. The third-order valence-corrected chi connectivity index (χ3v) is 2.60. The molecule has 0 radical (unpaired) electrons. The van der Waals surface area contributed by atoms with Gasteiger partial charge in [-0.1, -0.05) is 41.5 Å². The maximum absolute atomic E-state index is 12.1. The summed E-state index contributed by atoms with van der Waals surface area (Å²) >= 11 is 0. The highest BCUT2D eigenvalue weighted by Crippen LogP contribution is 2.36. The minimum Gasteiger partial charge on any atom is -0.349 e. The molecule has 0 aliphatic rings. The molecule has 0 aromatic rings. The molecule has 0 fully saturated rings. The molecule has 0 unspecified atom stereocenters. The molecule has 0 N–H and O–H groups in total. The zero-order chi connectivity index (χ0) is 12.4. The van der Waals surface area contributed by atoms with Gasteiger partial charge in [-0.25, -0.2) is 0 Å². The van der Waals surface area contributed by atoms with Crippen molar-refractivity contribution in [3.05, 3.63) is 0 Å². The van der Waals surface area contributed by atoms with E-state index in [1.807, 2.05) is 14.1 Å². The Kier molecular flexibility index (Phi) is 4.38. The first-order valence-electron chi connectivity index (χ1n) is 5.66. The average molecular weight is 213 g/mol. The van der Waals surface area contributed by atoms with E-state index in [2.05, 4.69) is 41.5 Å². The van der Waals surface area contributed by atoms with Crippen molar-refractivity contribution in [3.8, 4) is 0 Å². The summed E-state index contributed by atoms with van der Waals surface area (Å²) in [5.41, 5.74) is 0.234. The molecular weight excluding hydrogens is 186 g/mol. The van der Waals surface area contributed by atoms with Crippen LogP contribution in [0.1, 0.15) is 48.0 Å². The van der Waals surface area contributed by atoms with Crippen LogP contribution < -0.4 is 0 Å². The first-order chi connectivity index (χ1) is 6.45. The van der Waals surface area contributed by atoms with Crippen molar-refractivity contribution in [2.75, 3.05) is 14.1 Å². The molecular formula is C13H27NO. The lowest BCUT2D eigenvalue weighted by Crippen LogP contribution is -2.39. The number of amides is 1. The van der Waals surface area contributed by atoms with E-state index in [-0.39, 0.29) is 22.7 Å². The van der Waals surface area contributed by atoms with E-state index >= 15 is 0 Å². The molecule has 0 aromatic carbocycles. The Hall–Kier alpha value is -0.530. The van der Waals surface area contributed by atoms with Crippen LogP contribution >= 0.6 is 0 Å². The lowest BCUT2D eigenvalue weighted by molar-refractivity contribution is -0.137. The molecule has 0 heterocycles. The van der Waals surface area contributed by atoms with Crippen molar-refractivity contribution >= 4 is 5.91 Å². The zero-order valence-electron chi connectivity index (χ0n) is 11.6. The summed E-state index contributed by atoms with van der Waals surface area (Å²) in [7, 11) is 3.67. The molecule has 2 nitrogen and oxygen atoms in total.